The molecule has 1 saturated heterocycles. The Hall–Kier alpha value is -1.48. The lowest BCUT2D eigenvalue weighted by Crippen LogP contribution is -2.29. The summed E-state index contributed by atoms with van der Waals surface area (Å²) in [6.07, 6.45) is 9.14. The molecule has 90 valence electrons. The van der Waals surface area contributed by atoms with E-state index in [-0.39, 0.29) is 0 Å². The third-order valence-corrected chi connectivity index (χ3v) is 3.16. The lowest BCUT2D eigenvalue weighted by Gasteiger charge is -2.26. The Bertz CT molecular complexity index is 406. The fraction of sp³-hybridized carbons (Fsp3) is 0.429. The number of nitrogens with one attached hydrogen (secondary N) is 1. The van der Waals surface area contributed by atoms with Gasteiger partial charge in [0.1, 0.15) is 0 Å². The first-order valence-electron chi connectivity index (χ1n) is 6.17. The molecule has 0 aliphatic carbocycles. The van der Waals surface area contributed by atoms with E-state index >= 15 is 0 Å². The molecule has 1 aliphatic rings. The highest BCUT2D eigenvalue weighted by molar-refractivity contribution is 6.05. The van der Waals surface area contributed by atoms with Gasteiger partial charge < -0.3 is 5.41 Å². The molecule has 1 fully saturated rings. The summed E-state index contributed by atoms with van der Waals surface area (Å²) in [5.74, 6) is 0. The van der Waals surface area contributed by atoms with Gasteiger partial charge in [-0.15, -0.1) is 0 Å². The van der Waals surface area contributed by atoms with Gasteiger partial charge in [-0.1, -0.05) is 13.0 Å². The van der Waals surface area contributed by atoms with Crippen molar-refractivity contribution in [1.82, 2.24) is 9.88 Å². The van der Waals surface area contributed by atoms with Crippen LogP contribution in [0.1, 0.15) is 30.4 Å². The topological polar surface area (TPSA) is 40.0 Å². The van der Waals surface area contributed by atoms with Crippen LogP contribution >= 0.6 is 0 Å². The number of hydrogen-bond acceptors (Lipinski definition) is 3. The van der Waals surface area contributed by atoms with Crippen molar-refractivity contribution in [2.24, 2.45) is 0 Å². The van der Waals surface area contributed by atoms with Gasteiger partial charge in [-0.3, -0.25) is 9.88 Å². The number of nitrogens with zero attached hydrogens (tertiary/aromatic N) is 2. The van der Waals surface area contributed by atoms with E-state index in [1.54, 1.807) is 12.3 Å². The van der Waals surface area contributed by atoms with E-state index in [4.69, 9.17) is 5.41 Å². The van der Waals surface area contributed by atoms with Crippen molar-refractivity contribution in [3.8, 4) is 0 Å². The van der Waals surface area contributed by atoms with Crippen molar-refractivity contribution in [3.05, 3.63) is 42.2 Å². The average molecular weight is 229 g/mol. The Balaban J connectivity index is 2.05. The summed E-state index contributed by atoms with van der Waals surface area (Å²) in [4.78, 5) is 6.66. The number of aromatic nitrogens is 1. The first-order chi connectivity index (χ1) is 8.29. The summed E-state index contributed by atoms with van der Waals surface area (Å²) in [5, 5.41) is 7.72. The first kappa shape index (κ1) is 12.0. The minimum Gasteiger partial charge on any atom is -0.300 e. The van der Waals surface area contributed by atoms with Gasteiger partial charge >= 0.3 is 0 Å². The van der Waals surface area contributed by atoms with Gasteiger partial charge in [0.25, 0.3) is 0 Å². The zero-order valence-corrected chi connectivity index (χ0v) is 10.2. The van der Waals surface area contributed by atoms with Gasteiger partial charge in [0, 0.05) is 24.5 Å². The SMILES string of the molecule is C=CC(=N)c1cncc(CN2CCCCC2)c1. The fourth-order valence-corrected chi connectivity index (χ4v) is 2.21. The molecule has 1 aliphatic heterocycles. The number of hydrogen-bond donors (Lipinski definition) is 1. The number of piperidine rings is 1. The van der Waals surface area contributed by atoms with Gasteiger partial charge in [0.2, 0.25) is 0 Å². The standard InChI is InChI=1S/C14H19N3/c1-2-14(15)13-8-12(9-16-10-13)11-17-6-4-3-5-7-17/h2,8-10,15H,1,3-7,11H2. The lowest BCUT2D eigenvalue weighted by atomic mass is 10.1. The van der Waals surface area contributed by atoms with Crippen molar-refractivity contribution in [2.75, 3.05) is 13.1 Å². The summed E-state index contributed by atoms with van der Waals surface area (Å²) in [5.41, 5.74) is 2.49. The number of allylic oxidation sites excluding steroid dienone is 1. The van der Waals surface area contributed by atoms with E-state index in [1.165, 1.54) is 37.9 Å². The molecule has 1 aromatic rings. The highest BCUT2D eigenvalue weighted by Gasteiger charge is 2.10. The first-order valence-corrected chi connectivity index (χ1v) is 6.17. The van der Waals surface area contributed by atoms with Gasteiger partial charge in [-0.25, -0.2) is 0 Å². The van der Waals surface area contributed by atoms with E-state index in [0.717, 1.165) is 12.1 Å². The number of likely N-dealkylation sites (tertiary alicyclic amines) is 1. The minimum absolute atomic E-state index is 0.443. The van der Waals surface area contributed by atoms with E-state index < -0.39 is 0 Å². The molecule has 0 bridgehead atoms. The van der Waals surface area contributed by atoms with Crippen molar-refractivity contribution >= 4 is 5.71 Å². The molecule has 2 heterocycles. The van der Waals surface area contributed by atoms with E-state index in [0.29, 0.717) is 5.71 Å². The monoisotopic (exact) mass is 229 g/mol. The van der Waals surface area contributed by atoms with Crippen LogP contribution in [0.5, 0.6) is 0 Å². The van der Waals surface area contributed by atoms with Crippen molar-refractivity contribution < 1.29 is 0 Å². The quantitative estimate of drug-likeness (QED) is 0.806. The second-order valence-corrected chi connectivity index (χ2v) is 4.54. The van der Waals surface area contributed by atoms with Crippen LogP contribution in [0.2, 0.25) is 0 Å². The second kappa shape index (κ2) is 5.73. The Morgan fingerprint density at radius 3 is 2.82 bits per heavy atom. The van der Waals surface area contributed by atoms with E-state index in [9.17, 15) is 0 Å². The molecule has 1 aromatic heterocycles. The molecule has 0 aromatic carbocycles. The molecule has 17 heavy (non-hydrogen) atoms. The second-order valence-electron chi connectivity index (χ2n) is 4.54. The molecule has 0 saturated carbocycles. The molecule has 2 rings (SSSR count). The highest BCUT2D eigenvalue weighted by Crippen LogP contribution is 2.13. The predicted octanol–water partition coefficient (Wildman–Crippen LogP) is 2.62. The summed E-state index contributed by atoms with van der Waals surface area (Å²) < 4.78 is 0. The van der Waals surface area contributed by atoms with Gasteiger partial charge in [0.05, 0.1) is 5.71 Å². The summed E-state index contributed by atoms with van der Waals surface area (Å²) in [7, 11) is 0. The summed E-state index contributed by atoms with van der Waals surface area (Å²) in [6, 6.07) is 2.05. The van der Waals surface area contributed by atoms with Crippen LogP contribution in [-0.2, 0) is 6.54 Å². The van der Waals surface area contributed by atoms with Crippen LogP contribution in [0.3, 0.4) is 0 Å². The van der Waals surface area contributed by atoms with Crippen LogP contribution < -0.4 is 0 Å². The average Bonchev–Trinajstić information content (AvgIpc) is 2.39. The largest absolute Gasteiger partial charge is 0.300 e. The Kier molecular flexibility index (Phi) is 4.04. The molecule has 0 unspecified atom stereocenters. The molecule has 3 nitrogen and oxygen atoms in total. The summed E-state index contributed by atoms with van der Waals surface area (Å²) >= 11 is 0. The third kappa shape index (κ3) is 3.24. The zero-order valence-electron chi connectivity index (χ0n) is 10.2. The van der Waals surface area contributed by atoms with Crippen molar-refractivity contribution in [1.29, 1.82) is 5.41 Å². The van der Waals surface area contributed by atoms with Crippen molar-refractivity contribution in [3.63, 3.8) is 0 Å². The molecule has 0 amide bonds. The maximum atomic E-state index is 7.72. The molecule has 3 heteroatoms. The minimum atomic E-state index is 0.443. The van der Waals surface area contributed by atoms with Crippen LogP contribution in [0.15, 0.2) is 31.1 Å². The Morgan fingerprint density at radius 1 is 1.35 bits per heavy atom. The maximum absolute atomic E-state index is 7.72. The highest BCUT2D eigenvalue weighted by atomic mass is 15.1. The lowest BCUT2D eigenvalue weighted by molar-refractivity contribution is 0.220. The van der Waals surface area contributed by atoms with Crippen LogP contribution in [-0.4, -0.2) is 28.7 Å². The Morgan fingerprint density at radius 2 is 2.12 bits per heavy atom. The van der Waals surface area contributed by atoms with Crippen LogP contribution in [0.4, 0.5) is 0 Å². The van der Waals surface area contributed by atoms with E-state index in [2.05, 4.69) is 16.5 Å². The molecular formula is C14H19N3. The predicted molar refractivity (Wildman–Crippen MR) is 70.4 cm³/mol. The number of rotatable bonds is 4. The molecule has 0 spiro atoms. The third-order valence-electron chi connectivity index (χ3n) is 3.16. The van der Waals surface area contributed by atoms with Crippen LogP contribution in [0.25, 0.3) is 0 Å². The molecular weight excluding hydrogens is 210 g/mol. The van der Waals surface area contributed by atoms with Gasteiger partial charge in [-0.05, 0) is 43.6 Å². The Labute approximate surface area is 103 Å². The van der Waals surface area contributed by atoms with Gasteiger partial charge in [-0.2, -0.15) is 0 Å². The van der Waals surface area contributed by atoms with E-state index in [1.807, 2.05) is 12.3 Å². The molecule has 0 radical (unpaired) electrons. The maximum Gasteiger partial charge on any atom is 0.0621 e. The number of pyridine rings is 1. The van der Waals surface area contributed by atoms with Gasteiger partial charge in [0.15, 0.2) is 0 Å². The summed E-state index contributed by atoms with van der Waals surface area (Å²) in [6.45, 7) is 6.94. The normalized spacial score (nSPS) is 16.7. The zero-order chi connectivity index (χ0) is 12.1. The fourth-order valence-electron chi connectivity index (χ4n) is 2.21. The van der Waals surface area contributed by atoms with Crippen molar-refractivity contribution in [2.45, 2.75) is 25.8 Å². The molecule has 0 atom stereocenters. The van der Waals surface area contributed by atoms with Crippen LogP contribution in [0, 0.1) is 5.41 Å². The smallest absolute Gasteiger partial charge is 0.0621 e. The molecule has 1 N–H and O–H groups in total.